The van der Waals surface area contributed by atoms with E-state index in [1.54, 1.807) is 0 Å². The van der Waals surface area contributed by atoms with Gasteiger partial charge < -0.3 is 5.73 Å². The molecule has 2 N–H and O–H groups in total. The van der Waals surface area contributed by atoms with Crippen LogP contribution >= 0.6 is 0 Å². The summed E-state index contributed by atoms with van der Waals surface area (Å²) in [6.45, 7) is 4.15. The Kier molecular flexibility index (Phi) is 3.29. The van der Waals surface area contributed by atoms with Gasteiger partial charge in [0.2, 0.25) is 0 Å². The molecule has 2 rings (SSSR count). The Morgan fingerprint density at radius 3 is 1.82 bits per heavy atom. The van der Waals surface area contributed by atoms with Crippen LogP contribution in [0.1, 0.15) is 22.3 Å². The molecule has 86 valence electrons. The molecule has 0 aliphatic carbocycles. The highest BCUT2D eigenvalue weighted by Crippen LogP contribution is 2.14. The molecule has 0 saturated heterocycles. The molecule has 1 nitrogen and oxygen atoms in total. The first-order chi connectivity index (χ1) is 8.15. The minimum absolute atomic E-state index is 0.800. The molecule has 0 aliphatic rings. The van der Waals surface area contributed by atoms with Gasteiger partial charge in [0.1, 0.15) is 0 Å². The van der Waals surface area contributed by atoms with Gasteiger partial charge in [-0.1, -0.05) is 59.7 Å². The van der Waals surface area contributed by atoms with Crippen molar-refractivity contribution in [2.45, 2.75) is 13.8 Å². The van der Waals surface area contributed by atoms with Gasteiger partial charge >= 0.3 is 0 Å². The number of benzene rings is 2. The Labute approximate surface area is 103 Å². The Hall–Kier alpha value is -2.02. The molecule has 0 fully saturated rings. The van der Waals surface area contributed by atoms with E-state index in [-0.39, 0.29) is 0 Å². The summed E-state index contributed by atoms with van der Waals surface area (Å²) in [5.74, 6) is 0. The third-order valence-corrected chi connectivity index (χ3v) is 2.78. The molecule has 0 unspecified atom stereocenters. The van der Waals surface area contributed by atoms with Crippen molar-refractivity contribution >= 4 is 11.8 Å². The Balaban J connectivity index is 2.27. The first-order valence-corrected chi connectivity index (χ1v) is 5.76. The van der Waals surface area contributed by atoms with Crippen LogP contribution in [0.3, 0.4) is 0 Å². The number of hydrogen-bond acceptors (Lipinski definition) is 1. The highest BCUT2D eigenvalue weighted by molar-refractivity contribution is 5.79. The molecule has 0 radical (unpaired) electrons. The summed E-state index contributed by atoms with van der Waals surface area (Å²) in [6.07, 6.45) is 2.00. The van der Waals surface area contributed by atoms with E-state index in [0.29, 0.717) is 0 Å². The molecule has 1 heteroatoms. The predicted molar refractivity (Wildman–Crippen MR) is 74.4 cm³/mol. The summed E-state index contributed by atoms with van der Waals surface area (Å²) in [5.41, 5.74) is 11.6. The molecular weight excluding hydrogens is 206 g/mol. The normalized spacial score (nSPS) is 11.5. The van der Waals surface area contributed by atoms with Crippen LogP contribution < -0.4 is 5.73 Å². The number of rotatable bonds is 2. The third kappa shape index (κ3) is 2.97. The highest BCUT2D eigenvalue weighted by atomic mass is 14.6. The molecular formula is C16H17N. The summed E-state index contributed by atoms with van der Waals surface area (Å²) < 4.78 is 0. The Morgan fingerprint density at radius 1 is 0.824 bits per heavy atom. The van der Waals surface area contributed by atoms with Gasteiger partial charge in [0.05, 0.1) is 0 Å². The van der Waals surface area contributed by atoms with E-state index in [1.807, 2.05) is 6.08 Å². The van der Waals surface area contributed by atoms with Gasteiger partial charge in [-0.2, -0.15) is 0 Å². The standard InChI is InChI=1S/C16H17N/c1-12-3-7-14(8-4-12)11-16(17)15-9-5-13(2)6-10-15/h3-11H,17H2,1-2H3. The molecule has 2 aromatic carbocycles. The largest absolute Gasteiger partial charge is 0.398 e. The third-order valence-electron chi connectivity index (χ3n) is 2.78. The minimum atomic E-state index is 0.800. The monoisotopic (exact) mass is 223 g/mol. The summed E-state index contributed by atoms with van der Waals surface area (Å²) in [5, 5.41) is 0. The van der Waals surface area contributed by atoms with Crippen molar-refractivity contribution in [1.29, 1.82) is 0 Å². The zero-order valence-corrected chi connectivity index (χ0v) is 10.3. The van der Waals surface area contributed by atoms with Crippen molar-refractivity contribution in [3.8, 4) is 0 Å². The van der Waals surface area contributed by atoms with Crippen LogP contribution in [0.25, 0.3) is 11.8 Å². The molecule has 0 aromatic heterocycles. The lowest BCUT2D eigenvalue weighted by Gasteiger charge is -2.03. The maximum Gasteiger partial charge on any atom is 0.0393 e. The van der Waals surface area contributed by atoms with E-state index < -0.39 is 0 Å². The maximum atomic E-state index is 6.08. The summed E-state index contributed by atoms with van der Waals surface area (Å²) >= 11 is 0. The summed E-state index contributed by atoms with van der Waals surface area (Å²) in [6, 6.07) is 16.6. The molecule has 0 amide bonds. The number of aryl methyl sites for hydroxylation is 2. The van der Waals surface area contributed by atoms with E-state index in [1.165, 1.54) is 11.1 Å². The molecule has 0 heterocycles. The lowest BCUT2D eigenvalue weighted by Crippen LogP contribution is -1.95. The van der Waals surface area contributed by atoms with E-state index in [0.717, 1.165) is 16.8 Å². The molecule has 17 heavy (non-hydrogen) atoms. The number of nitrogens with two attached hydrogens (primary N) is 1. The lowest BCUT2D eigenvalue weighted by atomic mass is 10.1. The molecule has 0 bridgehead atoms. The quantitative estimate of drug-likeness (QED) is 0.771. The Morgan fingerprint density at radius 2 is 1.29 bits per heavy atom. The number of hydrogen-bond donors (Lipinski definition) is 1. The Bertz CT molecular complexity index is 518. The van der Waals surface area contributed by atoms with E-state index in [2.05, 4.69) is 62.4 Å². The van der Waals surface area contributed by atoms with E-state index in [9.17, 15) is 0 Å². The van der Waals surface area contributed by atoms with Crippen molar-refractivity contribution in [1.82, 2.24) is 0 Å². The van der Waals surface area contributed by atoms with Crippen LogP contribution in [-0.2, 0) is 0 Å². The van der Waals surface area contributed by atoms with Crippen molar-refractivity contribution in [3.05, 3.63) is 70.8 Å². The minimum Gasteiger partial charge on any atom is -0.398 e. The van der Waals surface area contributed by atoms with Crippen LogP contribution in [0.15, 0.2) is 48.5 Å². The second kappa shape index (κ2) is 4.88. The SMILES string of the molecule is Cc1ccc(C=C(N)c2ccc(C)cc2)cc1. The van der Waals surface area contributed by atoms with Gasteiger partial charge in [-0.3, -0.25) is 0 Å². The van der Waals surface area contributed by atoms with Crippen LogP contribution in [0.2, 0.25) is 0 Å². The van der Waals surface area contributed by atoms with Gasteiger partial charge in [-0.05, 0) is 31.1 Å². The second-order valence-corrected chi connectivity index (χ2v) is 4.38. The van der Waals surface area contributed by atoms with Crippen molar-refractivity contribution in [2.24, 2.45) is 5.73 Å². The first kappa shape index (κ1) is 11.5. The fraction of sp³-hybridized carbons (Fsp3) is 0.125. The predicted octanol–water partition coefficient (Wildman–Crippen LogP) is 3.76. The van der Waals surface area contributed by atoms with Gasteiger partial charge in [0, 0.05) is 5.70 Å². The van der Waals surface area contributed by atoms with Gasteiger partial charge in [0.15, 0.2) is 0 Å². The van der Waals surface area contributed by atoms with Gasteiger partial charge in [-0.15, -0.1) is 0 Å². The average molecular weight is 223 g/mol. The summed E-state index contributed by atoms with van der Waals surface area (Å²) in [7, 11) is 0. The maximum absolute atomic E-state index is 6.08. The summed E-state index contributed by atoms with van der Waals surface area (Å²) in [4.78, 5) is 0. The van der Waals surface area contributed by atoms with Crippen molar-refractivity contribution in [2.75, 3.05) is 0 Å². The zero-order valence-electron chi connectivity index (χ0n) is 10.3. The van der Waals surface area contributed by atoms with Crippen LogP contribution in [0.5, 0.6) is 0 Å². The molecule has 0 saturated carbocycles. The topological polar surface area (TPSA) is 26.0 Å². The average Bonchev–Trinajstić information content (AvgIpc) is 2.33. The van der Waals surface area contributed by atoms with Crippen LogP contribution in [-0.4, -0.2) is 0 Å². The van der Waals surface area contributed by atoms with Gasteiger partial charge in [0.25, 0.3) is 0 Å². The van der Waals surface area contributed by atoms with Crippen LogP contribution in [0.4, 0.5) is 0 Å². The zero-order chi connectivity index (χ0) is 12.3. The van der Waals surface area contributed by atoms with Gasteiger partial charge in [-0.25, -0.2) is 0 Å². The second-order valence-electron chi connectivity index (χ2n) is 4.38. The van der Waals surface area contributed by atoms with Crippen molar-refractivity contribution < 1.29 is 0 Å². The molecule has 0 spiro atoms. The fourth-order valence-corrected chi connectivity index (χ4v) is 1.67. The fourth-order valence-electron chi connectivity index (χ4n) is 1.67. The van der Waals surface area contributed by atoms with E-state index >= 15 is 0 Å². The highest BCUT2D eigenvalue weighted by Gasteiger charge is 1.96. The molecule has 0 atom stereocenters. The first-order valence-electron chi connectivity index (χ1n) is 5.76. The smallest absolute Gasteiger partial charge is 0.0393 e. The molecule has 2 aromatic rings. The lowest BCUT2D eigenvalue weighted by molar-refractivity contribution is 1.43. The van der Waals surface area contributed by atoms with Crippen molar-refractivity contribution in [3.63, 3.8) is 0 Å². The van der Waals surface area contributed by atoms with Crippen LogP contribution in [0, 0.1) is 13.8 Å². The molecule has 0 aliphatic heterocycles. The van der Waals surface area contributed by atoms with E-state index in [4.69, 9.17) is 5.73 Å².